The molecule has 0 aromatic heterocycles. The number of ether oxygens (including phenoxy) is 1. The van der Waals surface area contributed by atoms with E-state index in [1.54, 1.807) is 18.3 Å². The molecule has 4 nitrogen and oxygen atoms in total. The molecule has 5 heteroatoms. The van der Waals surface area contributed by atoms with E-state index in [1.807, 2.05) is 57.2 Å². The van der Waals surface area contributed by atoms with E-state index in [1.165, 1.54) is 0 Å². The van der Waals surface area contributed by atoms with E-state index in [9.17, 15) is 4.79 Å². The number of nitrogens with zero attached hydrogens (tertiary/aromatic N) is 1. The van der Waals surface area contributed by atoms with E-state index in [-0.39, 0.29) is 12.5 Å². The van der Waals surface area contributed by atoms with Crippen molar-refractivity contribution in [2.24, 2.45) is 5.10 Å². The van der Waals surface area contributed by atoms with Crippen molar-refractivity contribution in [1.29, 1.82) is 0 Å². The molecule has 1 N–H and O–H groups in total. The van der Waals surface area contributed by atoms with Crippen LogP contribution in [0.4, 0.5) is 0 Å². The Morgan fingerprint density at radius 1 is 1.20 bits per heavy atom. The Labute approximate surface area is 153 Å². The first-order valence-electron chi connectivity index (χ1n) is 7.90. The van der Waals surface area contributed by atoms with Crippen LogP contribution >= 0.6 is 11.6 Å². The largest absolute Gasteiger partial charge is 0.484 e. The van der Waals surface area contributed by atoms with Gasteiger partial charge in [-0.1, -0.05) is 48.0 Å². The van der Waals surface area contributed by atoms with Gasteiger partial charge in [-0.15, -0.1) is 0 Å². The Hall–Kier alpha value is -2.59. The van der Waals surface area contributed by atoms with E-state index in [0.29, 0.717) is 10.8 Å². The first kappa shape index (κ1) is 18.7. The average Bonchev–Trinajstić information content (AvgIpc) is 2.58. The number of aryl methyl sites for hydroxylation is 2. The Balaban J connectivity index is 1.83. The van der Waals surface area contributed by atoms with Crippen molar-refractivity contribution < 1.29 is 9.53 Å². The van der Waals surface area contributed by atoms with Gasteiger partial charge in [-0.25, -0.2) is 5.43 Å². The number of hydrogen-bond donors (Lipinski definition) is 1. The van der Waals surface area contributed by atoms with Crippen molar-refractivity contribution in [3.05, 3.63) is 69.8 Å². The Bertz CT molecular complexity index is 776. The summed E-state index contributed by atoms with van der Waals surface area (Å²) in [5.74, 6) is 0.285. The number of nitrogens with one attached hydrogen (secondary N) is 1. The van der Waals surface area contributed by atoms with Gasteiger partial charge in [-0.3, -0.25) is 4.79 Å². The van der Waals surface area contributed by atoms with Gasteiger partial charge >= 0.3 is 0 Å². The van der Waals surface area contributed by atoms with Gasteiger partial charge in [-0.2, -0.15) is 5.10 Å². The molecule has 0 saturated carbocycles. The number of amides is 1. The molecule has 0 spiro atoms. The Morgan fingerprint density at radius 3 is 2.48 bits per heavy atom. The van der Waals surface area contributed by atoms with E-state index in [4.69, 9.17) is 16.3 Å². The summed E-state index contributed by atoms with van der Waals surface area (Å²) < 4.78 is 5.48. The van der Waals surface area contributed by atoms with Gasteiger partial charge in [0.05, 0.1) is 6.21 Å². The first-order valence-corrected chi connectivity index (χ1v) is 8.28. The van der Waals surface area contributed by atoms with Crippen molar-refractivity contribution in [2.75, 3.05) is 6.61 Å². The highest BCUT2D eigenvalue weighted by atomic mass is 35.5. The van der Waals surface area contributed by atoms with E-state index in [2.05, 4.69) is 10.5 Å². The number of hydrogen-bond acceptors (Lipinski definition) is 3. The number of carbonyl (C=O) groups excluding carboxylic acids is 1. The summed E-state index contributed by atoms with van der Waals surface area (Å²) in [6.45, 7) is 5.60. The lowest BCUT2D eigenvalue weighted by Gasteiger charge is -2.09. The highest BCUT2D eigenvalue weighted by molar-refractivity contribution is 6.32. The first-order chi connectivity index (χ1) is 12.0. The van der Waals surface area contributed by atoms with Crippen molar-refractivity contribution in [3.8, 4) is 5.75 Å². The van der Waals surface area contributed by atoms with Gasteiger partial charge in [-0.05, 0) is 55.2 Å². The molecule has 0 aliphatic carbocycles. The van der Waals surface area contributed by atoms with Crippen molar-refractivity contribution in [1.82, 2.24) is 5.43 Å². The number of rotatable bonds is 6. The standard InChI is InChI=1S/C20H21ClN2O2/c1-14(9-17-7-5-4-6-8-17)12-22-23-19(24)13-25-18-10-15(2)20(21)16(3)11-18/h4-12H,13H2,1-3H3,(H,23,24). The van der Waals surface area contributed by atoms with Crippen LogP contribution in [0.1, 0.15) is 23.6 Å². The molecule has 2 aromatic carbocycles. The molecule has 0 unspecified atom stereocenters. The van der Waals surface area contributed by atoms with Gasteiger partial charge in [0.25, 0.3) is 5.91 Å². The van der Waals surface area contributed by atoms with E-state index < -0.39 is 0 Å². The smallest absolute Gasteiger partial charge is 0.277 e. The monoisotopic (exact) mass is 356 g/mol. The summed E-state index contributed by atoms with van der Waals surface area (Å²) in [5, 5.41) is 4.65. The van der Waals surface area contributed by atoms with Crippen LogP contribution in [0.3, 0.4) is 0 Å². The molecule has 2 aromatic rings. The van der Waals surface area contributed by atoms with Crippen molar-refractivity contribution in [3.63, 3.8) is 0 Å². The third kappa shape index (κ3) is 6.08. The maximum Gasteiger partial charge on any atom is 0.277 e. The fourth-order valence-corrected chi connectivity index (χ4v) is 2.34. The quantitative estimate of drug-likeness (QED) is 0.610. The van der Waals surface area contributed by atoms with Gasteiger partial charge in [0.15, 0.2) is 6.61 Å². The van der Waals surface area contributed by atoms with Gasteiger partial charge in [0.1, 0.15) is 5.75 Å². The van der Waals surface area contributed by atoms with Crippen LogP contribution in [0.25, 0.3) is 6.08 Å². The van der Waals surface area contributed by atoms with Gasteiger partial charge in [0.2, 0.25) is 0 Å². The van der Waals surface area contributed by atoms with Gasteiger partial charge < -0.3 is 4.74 Å². The molecule has 0 radical (unpaired) electrons. The maximum absolute atomic E-state index is 11.8. The molecule has 0 heterocycles. The molecule has 0 atom stereocenters. The van der Waals surface area contributed by atoms with Crippen LogP contribution in [0.2, 0.25) is 5.02 Å². The minimum Gasteiger partial charge on any atom is -0.484 e. The molecule has 0 aliphatic rings. The number of halogens is 1. The zero-order valence-corrected chi connectivity index (χ0v) is 15.3. The topological polar surface area (TPSA) is 50.7 Å². The number of allylic oxidation sites excluding steroid dienone is 1. The second kappa shape index (κ2) is 9.04. The van der Waals surface area contributed by atoms with Crippen LogP contribution in [0, 0.1) is 13.8 Å². The minimum absolute atomic E-state index is 0.112. The zero-order chi connectivity index (χ0) is 18.2. The van der Waals surface area contributed by atoms with Crippen molar-refractivity contribution in [2.45, 2.75) is 20.8 Å². The molecule has 1 amide bonds. The fraction of sp³-hybridized carbons (Fsp3) is 0.200. The molecule has 0 saturated heterocycles. The van der Waals surface area contributed by atoms with Gasteiger partial charge in [0, 0.05) is 5.02 Å². The molecule has 130 valence electrons. The van der Waals surface area contributed by atoms with Crippen LogP contribution in [-0.4, -0.2) is 18.7 Å². The molecule has 2 rings (SSSR count). The number of carbonyl (C=O) groups is 1. The van der Waals surface area contributed by atoms with Crippen LogP contribution < -0.4 is 10.2 Å². The number of benzene rings is 2. The predicted molar refractivity (Wildman–Crippen MR) is 103 cm³/mol. The summed E-state index contributed by atoms with van der Waals surface area (Å²) in [5.41, 5.74) is 6.28. The lowest BCUT2D eigenvalue weighted by molar-refractivity contribution is -0.123. The Morgan fingerprint density at radius 2 is 1.84 bits per heavy atom. The summed E-state index contributed by atoms with van der Waals surface area (Å²) in [6, 6.07) is 13.5. The zero-order valence-electron chi connectivity index (χ0n) is 14.5. The predicted octanol–water partition coefficient (Wildman–Crippen LogP) is 4.54. The van der Waals surface area contributed by atoms with Crippen LogP contribution in [-0.2, 0) is 4.79 Å². The molecular weight excluding hydrogens is 336 g/mol. The van der Waals surface area contributed by atoms with Crippen molar-refractivity contribution >= 4 is 29.8 Å². The number of hydrazone groups is 1. The second-order valence-corrected chi connectivity index (χ2v) is 6.13. The third-order valence-electron chi connectivity index (χ3n) is 3.43. The molecule has 0 bridgehead atoms. The second-order valence-electron chi connectivity index (χ2n) is 5.75. The molecule has 25 heavy (non-hydrogen) atoms. The molecular formula is C20H21ClN2O2. The van der Waals surface area contributed by atoms with E-state index >= 15 is 0 Å². The summed E-state index contributed by atoms with van der Waals surface area (Å²) in [4.78, 5) is 11.8. The minimum atomic E-state index is -0.325. The normalized spacial score (nSPS) is 11.6. The highest BCUT2D eigenvalue weighted by Crippen LogP contribution is 2.25. The average molecular weight is 357 g/mol. The lowest BCUT2D eigenvalue weighted by Crippen LogP contribution is -2.24. The third-order valence-corrected chi connectivity index (χ3v) is 4.03. The molecule has 0 fully saturated rings. The van der Waals surface area contributed by atoms with Crippen LogP contribution in [0.5, 0.6) is 5.75 Å². The Kier molecular flexibility index (Phi) is 6.78. The van der Waals surface area contributed by atoms with E-state index in [0.717, 1.165) is 22.3 Å². The molecule has 0 aliphatic heterocycles. The lowest BCUT2D eigenvalue weighted by atomic mass is 10.1. The van der Waals surface area contributed by atoms with Crippen LogP contribution in [0.15, 0.2) is 53.1 Å². The summed E-state index contributed by atoms with van der Waals surface area (Å²) >= 11 is 6.11. The highest BCUT2D eigenvalue weighted by Gasteiger charge is 2.06. The summed E-state index contributed by atoms with van der Waals surface area (Å²) in [6.07, 6.45) is 3.58. The SMILES string of the molecule is CC(C=NNC(=O)COc1cc(C)c(Cl)c(C)c1)=Cc1ccccc1. The summed E-state index contributed by atoms with van der Waals surface area (Å²) in [7, 11) is 0. The fourth-order valence-electron chi connectivity index (χ4n) is 2.23. The maximum atomic E-state index is 11.8.